The van der Waals surface area contributed by atoms with Gasteiger partial charge in [0.05, 0.1) is 30.0 Å². The second-order valence-electron chi connectivity index (χ2n) is 12.4. The predicted octanol–water partition coefficient (Wildman–Crippen LogP) is 5.42. The average Bonchev–Trinajstić information content (AvgIpc) is 3.07. The molecular formula is C24H44O5Si. The smallest absolute Gasteiger partial charge is 0.192 e. The van der Waals surface area contributed by atoms with Crippen LogP contribution in [0.15, 0.2) is 0 Å². The Morgan fingerprint density at radius 2 is 1.67 bits per heavy atom. The summed E-state index contributed by atoms with van der Waals surface area (Å²) in [5.74, 6) is -0.0504. The lowest BCUT2D eigenvalue weighted by atomic mass is 9.76. The van der Waals surface area contributed by atoms with Crippen LogP contribution in [0, 0.1) is 5.92 Å². The topological polar surface area (TPSA) is 46.2 Å². The van der Waals surface area contributed by atoms with Crippen LogP contribution in [-0.2, 0) is 23.4 Å². The monoisotopic (exact) mass is 440 g/mol. The molecule has 3 saturated heterocycles. The highest BCUT2D eigenvalue weighted by atomic mass is 28.4. The fourth-order valence-corrected chi connectivity index (χ4v) is 7.22. The van der Waals surface area contributed by atoms with Crippen molar-refractivity contribution >= 4 is 8.32 Å². The van der Waals surface area contributed by atoms with Gasteiger partial charge in [-0.25, -0.2) is 0 Å². The highest BCUT2D eigenvalue weighted by Gasteiger charge is 2.64. The highest BCUT2D eigenvalue weighted by Crippen LogP contribution is 2.54. The summed E-state index contributed by atoms with van der Waals surface area (Å²) < 4.78 is 32.4. The van der Waals surface area contributed by atoms with Crippen LogP contribution >= 0.6 is 0 Å². The van der Waals surface area contributed by atoms with Crippen molar-refractivity contribution in [2.45, 2.75) is 147 Å². The number of hydrogen-bond donors (Lipinski definition) is 0. The number of rotatable bonds is 5. The van der Waals surface area contributed by atoms with Crippen LogP contribution in [0.1, 0.15) is 80.6 Å². The van der Waals surface area contributed by atoms with Gasteiger partial charge in [0.15, 0.2) is 14.1 Å². The van der Waals surface area contributed by atoms with Crippen LogP contribution < -0.4 is 0 Å². The zero-order valence-corrected chi connectivity index (χ0v) is 21.6. The summed E-state index contributed by atoms with van der Waals surface area (Å²) in [6, 6.07) is 0. The van der Waals surface area contributed by atoms with E-state index in [4.69, 9.17) is 23.4 Å². The molecule has 0 radical (unpaired) electrons. The van der Waals surface area contributed by atoms with E-state index in [0.717, 1.165) is 32.1 Å². The molecule has 30 heavy (non-hydrogen) atoms. The summed E-state index contributed by atoms with van der Waals surface area (Å²) in [7, 11) is -1.76. The van der Waals surface area contributed by atoms with Gasteiger partial charge in [-0.3, -0.25) is 0 Å². The first-order chi connectivity index (χ1) is 13.7. The van der Waals surface area contributed by atoms with Gasteiger partial charge >= 0.3 is 0 Å². The summed E-state index contributed by atoms with van der Waals surface area (Å²) in [6.07, 6.45) is 5.98. The van der Waals surface area contributed by atoms with Gasteiger partial charge in [0.25, 0.3) is 0 Å². The zero-order chi connectivity index (χ0) is 22.1. The largest absolute Gasteiger partial charge is 0.414 e. The maximum Gasteiger partial charge on any atom is 0.192 e. The van der Waals surface area contributed by atoms with Crippen LogP contribution in [0.2, 0.25) is 18.1 Å². The van der Waals surface area contributed by atoms with Crippen molar-refractivity contribution in [1.29, 1.82) is 0 Å². The molecule has 4 rings (SSSR count). The predicted molar refractivity (Wildman–Crippen MR) is 120 cm³/mol. The molecule has 3 aliphatic heterocycles. The Morgan fingerprint density at radius 1 is 1.00 bits per heavy atom. The van der Waals surface area contributed by atoms with Gasteiger partial charge in [0.2, 0.25) is 0 Å². The molecule has 1 saturated carbocycles. The van der Waals surface area contributed by atoms with E-state index in [1.165, 1.54) is 0 Å². The van der Waals surface area contributed by atoms with Crippen LogP contribution in [0.4, 0.5) is 0 Å². The van der Waals surface area contributed by atoms with E-state index < -0.39 is 14.1 Å². The van der Waals surface area contributed by atoms with Crippen molar-refractivity contribution in [3.05, 3.63) is 0 Å². The van der Waals surface area contributed by atoms with Gasteiger partial charge in [0.1, 0.15) is 6.10 Å². The normalized spacial score (nSPS) is 42.5. The molecular weight excluding hydrogens is 396 g/mol. The van der Waals surface area contributed by atoms with Crippen molar-refractivity contribution in [2.24, 2.45) is 5.92 Å². The van der Waals surface area contributed by atoms with Gasteiger partial charge in [-0.05, 0) is 64.1 Å². The molecule has 1 aliphatic carbocycles. The standard InChI is InChI=1S/C24H44O5Si/c1-15(16(2)29-30(8,9)22(3,4)5)12-17-10-11-20-24(26-17)13-18(25-20)21-19(14-24)27-23(6,7)28-21/h15-21H,10-14H2,1-9H3/t15-,16?,17?,18-,19?,20+,21+,24-/m1/s1. The molecule has 2 bridgehead atoms. The third-order valence-corrected chi connectivity index (χ3v) is 13.1. The van der Waals surface area contributed by atoms with Crippen molar-refractivity contribution in [2.75, 3.05) is 0 Å². The third-order valence-electron chi connectivity index (χ3n) is 8.48. The molecule has 5 nitrogen and oxygen atoms in total. The van der Waals surface area contributed by atoms with E-state index in [-0.39, 0.29) is 47.3 Å². The minimum absolute atomic E-state index is 0.0511. The van der Waals surface area contributed by atoms with Crippen LogP contribution in [0.5, 0.6) is 0 Å². The van der Waals surface area contributed by atoms with Gasteiger partial charge < -0.3 is 23.4 Å². The molecule has 0 N–H and O–H groups in total. The summed E-state index contributed by atoms with van der Waals surface area (Å²) in [6.45, 7) is 20.2. The lowest BCUT2D eigenvalue weighted by Crippen LogP contribution is -2.54. The van der Waals surface area contributed by atoms with Crippen LogP contribution in [0.25, 0.3) is 0 Å². The molecule has 0 aromatic carbocycles. The van der Waals surface area contributed by atoms with Crippen LogP contribution in [-0.4, -0.2) is 56.3 Å². The first kappa shape index (κ1) is 23.2. The fourth-order valence-electron chi connectivity index (χ4n) is 5.70. The molecule has 3 heterocycles. The summed E-state index contributed by atoms with van der Waals surface area (Å²) in [5.41, 5.74) is -0.193. The zero-order valence-electron chi connectivity index (χ0n) is 20.6. The molecule has 0 aromatic heterocycles. The molecule has 1 spiro atoms. The molecule has 6 heteroatoms. The maximum atomic E-state index is 6.86. The minimum Gasteiger partial charge on any atom is -0.414 e. The Morgan fingerprint density at radius 3 is 2.33 bits per heavy atom. The van der Waals surface area contributed by atoms with E-state index in [1.807, 2.05) is 13.8 Å². The Balaban J connectivity index is 1.38. The Hall–Kier alpha value is 0.0169. The lowest BCUT2D eigenvalue weighted by Gasteiger charge is -2.45. The van der Waals surface area contributed by atoms with Crippen molar-refractivity contribution in [3.63, 3.8) is 0 Å². The lowest BCUT2D eigenvalue weighted by molar-refractivity contribution is -0.195. The van der Waals surface area contributed by atoms with Crippen molar-refractivity contribution in [1.82, 2.24) is 0 Å². The van der Waals surface area contributed by atoms with Crippen molar-refractivity contribution < 1.29 is 23.4 Å². The number of ether oxygens (including phenoxy) is 4. The maximum absolute atomic E-state index is 6.86. The fraction of sp³-hybridized carbons (Fsp3) is 1.00. The SMILES string of the molecule is CC(O[Si](C)(C)C(C)(C)C)[C@H](C)CC1CC[C@@H]2O[C@@H]3C[C@]2(CC2OC(C)(C)O[C@H]23)O1. The van der Waals surface area contributed by atoms with E-state index >= 15 is 0 Å². The molecule has 174 valence electrons. The Kier molecular flexibility index (Phi) is 5.82. The molecule has 4 aliphatic rings. The highest BCUT2D eigenvalue weighted by molar-refractivity contribution is 6.74. The quantitative estimate of drug-likeness (QED) is 0.534. The Labute approximate surface area is 184 Å². The molecule has 0 amide bonds. The molecule has 0 aromatic rings. The number of fused-ring (bicyclic) bond motifs is 3. The Bertz CT molecular complexity index is 644. The van der Waals surface area contributed by atoms with Crippen LogP contribution in [0.3, 0.4) is 0 Å². The van der Waals surface area contributed by atoms with E-state index in [0.29, 0.717) is 5.92 Å². The van der Waals surface area contributed by atoms with E-state index in [9.17, 15) is 0 Å². The van der Waals surface area contributed by atoms with E-state index in [2.05, 4.69) is 47.7 Å². The van der Waals surface area contributed by atoms with E-state index in [1.54, 1.807) is 0 Å². The van der Waals surface area contributed by atoms with Gasteiger partial charge in [-0.2, -0.15) is 0 Å². The summed E-state index contributed by atoms with van der Waals surface area (Å²) >= 11 is 0. The number of hydrogen-bond acceptors (Lipinski definition) is 5. The van der Waals surface area contributed by atoms with Crippen molar-refractivity contribution in [3.8, 4) is 0 Å². The first-order valence-electron chi connectivity index (χ1n) is 12.1. The molecule has 8 atom stereocenters. The van der Waals surface area contributed by atoms with Gasteiger partial charge in [-0.1, -0.05) is 27.7 Å². The second kappa shape index (κ2) is 7.52. The summed E-state index contributed by atoms with van der Waals surface area (Å²) in [5, 5.41) is 0.237. The third kappa shape index (κ3) is 4.17. The second-order valence-corrected chi connectivity index (χ2v) is 17.1. The minimum atomic E-state index is -1.76. The molecule has 3 unspecified atom stereocenters. The summed E-state index contributed by atoms with van der Waals surface area (Å²) in [4.78, 5) is 0. The van der Waals surface area contributed by atoms with Gasteiger partial charge in [0, 0.05) is 18.9 Å². The van der Waals surface area contributed by atoms with Gasteiger partial charge in [-0.15, -0.1) is 0 Å². The molecule has 4 fully saturated rings. The average molecular weight is 441 g/mol. The first-order valence-corrected chi connectivity index (χ1v) is 15.0.